The summed E-state index contributed by atoms with van der Waals surface area (Å²) in [4.78, 5) is 15.4. The quantitative estimate of drug-likeness (QED) is 0.107. The molecule has 15 rings (SSSR count). The molecule has 0 N–H and O–H groups in total. The van der Waals surface area contributed by atoms with E-state index in [0.717, 1.165) is 74.6 Å². The maximum absolute atomic E-state index is 9.51. The molecule has 4 heterocycles. The zero-order valence-corrected chi connectivity index (χ0v) is 41.2. The summed E-state index contributed by atoms with van der Waals surface area (Å²) < 4.78 is 124. The van der Waals surface area contributed by atoms with Gasteiger partial charge in [0.1, 0.15) is 0 Å². The van der Waals surface area contributed by atoms with Gasteiger partial charge in [0.2, 0.25) is 5.95 Å². The standard InChI is InChI=1S/C69H46N6Si/c1-5-23-47(24-6-1)67-70-68(72-69(71-67)75-63-39-21-15-33-55(63)56-34-16-22-40-64(56)75)59-46-52(76(49-25-7-2-8-26-49,50-27-9-3-10-28-50)51-29-11-4-12-30-51)42-44-66(59)74-62-38-20-17-35-57(62)58-45-48(41-43-65(58)74)73-60-36-18-13-31-53(60)54-32-14-19-37-61(54)73/h1-46H/i1D,5D,6D,15D,16D,21D,22D,23D,24D,33D,34D,39D,40D. The van der Waals surface area contributed by atoms with Crippen LogP contribution in [0.2, 0.25) is 0 Å². The first-order valence-corrected chi connectivity index (χ1v) is 26.8. The molecule has 7 heteroatoms. The highest BCUT2D eigenvalue weighted by Gasteiger charge is 2.42. The van der Waals surface area contributed by atoms with E-state index >= 15 is 0 Å². The van der Waals surface area contributed by atoms with Crippen LogP contribution in [0.15, 0.2) is 279 Å². The number of para-hydroxylation sites is 5. The van der Waals surface area contributed by atoms with E-state index < -0.39 is 104 Å². The highest BCUT2D eigenvalue weighted by molar-refractivity contribution is 7.20. The maximum atomic E-state index is 9.51. The zero-order valence-electron chi connectivity index (χ0n) is 53.2. The topological polar surface area (TPSA) is 53.5 Å². The van der Waals surface area contributed by atoms with Gasteiger partial charge in [-0.3, -0.25) is 4.57 Å². The first kappa shape index (κ1) is 32.3. The van der Waals surface area contributed by atoms with Crippen LogP contribution in [-0.4, -0.2) is 36.7 Å². The Morgan fingerprint density at radius 3 is 1.37 bits per heavy atom. The summed E-state index contributed by atoms with van der Waals surface area (Å²) >= 11 is 0. The second-order valence-corrected chi connectivity index (χ2v) is 22.4. The van der Waals surface area contributed by atoms with Crippen LogP contribution in [0, 0.1) is 0 Å². The lowest BCUT2D eigenvalue weighted by Gasteiger charge is -2.35. The number of nitrogens with zero attached hydrogens (tertiary/aromatic N) is 6. The largest absolute Gasteiger partial charge is 0.309 e. The molecule has 0 radical (unpaired) electrons. The Kier molecular flexibility index (Phi) is 7.48. The first-order valence-electron chi connectivity index (χ1n) is 31.3. The third-order valence-corrected chi connectivity index (χ3v) is 19.4. The van der Waals surface area contributed by atoms with Gasteiger partial charge in [-0.2, -0.15) is 9.97 Å². The third kappa shape index (κ3) is 6.69. The van der Waals surface area contributed by atoms with Crippen LogP contribution < -0.4 is 20.7 Å². The van der Waals surface area contributed by atoms with Gasteiger partial charge in [0.25, 0.3) is 0 Å². The Labute approximate surface area is 458 Å². The molecule has 0 saturated carbocycles. The summed E-state index contributed by atoms with van der Waals surface area (Å²) in [6.07, 6.45) is 0. The summed E-state index contributed by atoms with van der Waals surface area (Å²) in [6.45, 7) is 0. The molecule has 4 aromatic heterocycles. The SMILES string of the molecule is [2H]c1c([2H])c([2H])c(-c2nc(-c3cc([Si](c4ccccc4)(c4ccccc4)c4ccccc4)ccc3-n3c4ccccc4c4cc(-n5c6ccccc6c6ccccc65)ccc43)nc(-n3c4c([2H])c([2H])c([2H])c([2H])c4c4c([2H])c([2H])c([2H])c([2H])c43)n2)c([2H])c1[2H]. The van der Waals surface area contributed by atoms with E-state index in [1.165, 1.54) is 0 Å². The fourth-order valence-corrected chi connectivity index (χ4v) is 16.2. The van der Waals surface area contributed by atoms with E-state index in [2.05, 4.69) is 100 Å². The Morgan fingerprint density at radius 2 is 0.789 bits per heavy atom. The van der Waals surface area contributed by atoms with Crippen LogP contribution in [0.5, 0.6) is 0 Å². The number of benzene rings is 11. The van der Waals surface area contributed by atoms with E-state index in [1.54, 1.807) is 0 Å². The Morgan fingerprint density at radius 1 is 0.316 bits per heavy atom. The number of aromatic nitrogens is 6. The van der Waals surface area contributed by atoms with Gasteiger partial charge in [0.05, 0.1) is 56.6 Å². The summed E-state index contributed by atoms with van der Waals surface area (Å²) in [6, 6.07) is 59.7. The van der Waals surface area contributed by atoms with Gasteiger partial charge in [0, 0.05) is 49.1 Å². The van der Waals surface area contributed by atoms with Gasteiger partial charge in [-0.25, -0.2) is 4.98 Å². The van der Waals surface area contributed by atoms with Gasteiger partial charge in [-0.05, 0) is 81.4 Å². The molecule has 0 aliphatic heterocycles. The van der Waals surface area contributed by atoms with Crippen molar-refractivity contribution in [1.82, 2.24) is 28.7 Å². The van der Waals surface area contributed by atoms with Crippen LogP contribution in [0.3, 0.4) is 0 Å². The molecule has 356 valence electrons. The lowest BCUT2D eigenvalue weighted by atomic mass is 10.1. The second-order valence-electron chi connectivity index (χ2n) is 18.6. The molecule has 0 bridgehead atoms. The van der Waals surface area contributed by atoms with E-state index in [4.69, 9.17) is 24.5 Å². The van der Waals surface area contributed by atoms with Crippen LogP contribution in [-0.2, 0) is 0 Å². The minimum absolute atomic E-state index is 0.116. The van der Waals surface area contributed by atoms with Gasteiger partial charge in [0.15, 0.2) is 19.7 Å². The number of hydrogen-bond acceptors (Lipinski definition) is 3. The monoisotopic (exact) mass is 999 g/mol. The van der Waals surface area contributed by atoms with E-state index in [0.29, 0.717) is 11.3 Å². The highest BCUT2D eigenvalue weighted by Crippen LogP contribution is 2.40. The molecule has 0 amide bonds. The Hall–Kier alpha value is -9.95. The molecule has 11 aromatic carbocycles. The van der Waals surface area contributed by atoms with Crippen molar-refractivity contribution < 1.29 is 17.8 Å². The lowest BCUT2D eigenvalue weighted by Crippen LogP contribution is -2.74. The lowest BCUT2D eigenvalue weighted by molar-refractivity contribution is 0.952. The first-order chi connectivity index (χ1) is 43.1. The Balaban J connectivity index is 1.12. The molecule has 0 atom stereocenters. The molecule has 0 unspecified atom stereocenters. The van der Waals surface area contributed by atoms with E-state index in [1.807, 2.05) is 109 Å². The average Bonchev–Trinajstić information content (AvgIpc) is 1.64. The minimum atomic E-state index is -3.46. The maximum Gasteiger partial charge on any atom is 0.238 e. The van der Waals surface area contributed by atoms with Gasteiger partial charge < -0.3 is 9.13 Å². The van der Waals surface area contributed by atoms with Gasteiger partial charge in [-0.1, -0.05) is 218 Å². The second kappa shape index (κ2) is 17.6. The summed E-state index contributed by atoms with van der Waals surface area (Å²) in [5.41, 5.74) is 4.47. The predicted octanol–water partition coefficient (Wildman–Crippen LogP) is 13.9. The van der Waals surface area contributed by atoms with Gasteiger partial charge in [-0.15, -0.1) is 0 Å². The van der Waals surface area contributed by atoms with Crippen molar-refractivity contribution in [3.63, 3.8) is 0 Å². The highest BCUT2D eigenvalue weighted by atomic mass is 28.3. The van der Waals surface area contributed by atoms with Crippen molar-refractivity contribution in [1.29, 1.82) is 0 Å². The van der Waals surface area contributed by atoms with E-state index in [9.17, 15) is 8.22 Å². The molecule has 15 aromatic rings. The average molecular weight is 1000 g/mol. The van der Waals surface area contributed by atoms with Gasteiger partial charge >= 0.3 is 0 Å². The summed E-state index contributed by atoms with van der Waals surface area (Å²) in [5.74, 6) is -0.972. The van der Waals surface area contributed by atoms with E-state index in [-0.39, 0.29) is 27.6 Å². The molecule has 0 aliphatic rings. The minimum Gasteiger partial charge on any atom is -0.309 e. The van der Waals surface area contributed by atoms with Crippen LogP contribution in [0.25, 0.3) is 106 Å². The smallest absolute Gasteiger partial charge is 0.238 e. The fraction of sp³-hybridized carbons (Fsp3) is 0. The van der Waals surface area contributed by atoms with Crippen molar-refractivity contribution in [2.24, 2.45) is 0 Å². The van der Waals surface area contributed by atoms with Crippen molar-refractivity contribution in [3.05, 3.63) is 279 Å². The summed E-state index contributed by atoms with van der Waals surface area (Å²) in [7, 11) is -3.46. The van der Waals surface area contributed by atoms with Crippen molar-refractivity contribution >= 4 is 94.2 Å². The van der Waals surface area contributed by atoms with Crippen molar-refractivity contribution in [3.8, 4) is 40.1 Å². The van der Waals surface area contributed by atoms with Crippen LogP contribution >= 0.6 is 0 Å². The molecule has 0 aliphatic carbocycles. The molecule has 0 spiro atoms. The Bertz CT molecular complexity index is 5250. The third-order valence-electron chi connectivity index (χ3n) is 14.6. The molecular weight excluding hydrogens is 941 g/mol. The molecular formula is C69H46N6Si. The van der Waals surface area contributed by atoms with Crippen molar-refractivity contribution in [2.75, 3.05) is 0 Å². The fourth-order valence-electron chi connectivity index (χ4n) is 11.4. The summed E-state index contributed by atoms with van der Waals surface area (Å²) in [5, 5.41) is 7.54. The normalized spacial score (nSPS) is 14.3. The predicted molar refractivity (Wildman–Crippen MR) is 317 cm³/mol. The molecule has 0 fully saturated rings. The zero-order chi connectivity index (χ0) is 61.5. The van der Waals surface area contributed by atoms with Crippen LogP contribution in [0.1, 0.15) is 17.8 Å². The molecule has 76 heavy (non-hydrogen) atoms. The molecule has 6 nitrogen and oxygen atoms in total. The number of hydrogen-bond donors (Lipinski definition) is 0. The molecule has 0 saturated heterocycles. The van der Waals surface area contributed by atoms with Crippen molar-refractivity contribution in [2.45, 2.75) is 0 Å². The number of rotatable bonds is 9. The van der Waals surface area contributed by atoms with Crippen LogP contribution in [0.4, 0.5) is 0 Å². The number of fused-ring (bicyclic) bond motifs is 9.